The number of nitrogens with zero attached hydrogens (tertiary/aromatic N) is 3. The molecule has 0 bridgehead atoms. The van der Waals surface area contributed by atoms with Crippen LogP contribution in [0.3, 0.4) is 0 Å². The van der Waals surface area contributed by atoms with E-state index in [4.69, 9.17) is 0 Å². The summed E-state index contributed by atoms with van der Waals surface area (Å²) in [5, 5.41) is 0. The molecule has 0 unspecified atom stereocenters. The number of pyridine rings is 1. The maximum atomic E-state index is 14.0. The van der Waals surface area contributed by atoms with Crippen LogP contribution in [0.15, 0.2) is 30.3 Å². The van der Waals surface area contributed by atoms with Gasteiger partial charge in [0.2, 0.25) is 0 Å². The molecule has 0 atom stereocenters. The molecule has 160 valence electrons. The average Bonchev–Trinajstić information content (AvgIpc) is 2.72. The molecule has 1 fully saturated rings. The second kappa shape index (κ2) is 8.90. The van der Waals surface area contributed by atoms with Crippen LogP contribution in [0, 0.1) is 18.6 Å². The van der Waals surface area contributed by atoms with Gasteiger partial charge in [-0.05, 0) is 57.9 Å². The fourth-order valence-corrected chi connectivity index (χ4v) is 3.71. The summed E-state index contributed by atoms with van der Waals surface area (Å²) in [7, 11) is 1.76. The van der Waals surface area contributed by atoms with Gasteiger partial charge in [-0.3, -0.25) is 14.6 Å². The first-order valence-corrected chi connectivity index (χ1v) is 10.2. The van der Waals surface area contributed by atoms with Gasteiger partial charge in [-0.25, -0.2) is 8.78 Å². The van der Waals surface area contributed by atoms with Crippen molar-refractivity contribution in [2.24, 2.45) is 0 Å². The molecule has 1 aromatic heterocycles. The summed E-state index contributed by atoms with van der Waals surface area (Å²) in [4.78, 5) is 33.4. The molecule has 0 N–H and O–H groups in total. The third-order valence-corrected chi connectivity index (χ3v) is 5.73. The molecule has 0 aliphatic carbocycles. The van der Waals surface area contributed by atoms with E-state index in [0.717, 1.165) is 23.5 Å². The highest BCUT2D eigenvalue weighted by atomic mass is 19.1. The summed E-state index contributed by atoms with van der Waals surface area (Å²) in [5.41, 5.74) is 1.61. The molecule has 1 aliphatic heterocycles. The lowest BCUT2D eigenvalue weighted by Gasteiger charge is -2.33. The van der Waals surface area contributed by atoms with Gasteiger partial charge in [0.25, 0.3) is 11.8 Å². The number of carbonyl (C=O) groups excluding carboxylic acids is 2. The van der Waals surface area contributed by atoms with Gasteiger partial charge in [-0.1, -0.05) is 6.07 Å². The number of amides is 2. The van der Waals surface area contributed by atoms with E-state index in [1.807, 2.05) is 32.9 Å². The van der Waals surface area contributed by atoms with E-state index >= 15 is 0 Å². The maximum Gasteiger partial charge on any atom is 0.259 e. The summed E-state index contributed by atoms with van der Waals surface area (Å²) in [6, 6.07) is 7.10. The van der Waals surface area contributed by atoms with Crippen LogP contribution in [0.5, 0.6) is 0 Å². The van der Waals surface area contributed by atoms with E-state index in [2.05, 4.69) is 4.98 Å². The first-order chi connectivity index (χ1) is 14.2. The number of aromatic nitrogens is 1. The van der Waals surface area contributed by atoms with Gasteiger partial charge in [0.05, 0.1) is 11.3 Å². The van der Waals surface area contributed by atoms with Gasteiger partial charge in [0, 0.05) is 37.8 Å². The van der Waals surface area contributed by atoms with Crippen molar-refractivity contribution in [3.05, 3.63) is 64.5 Å². The van der Waals surface area contributed by atoms with Crippen molar-refractivity contribution in [2.75, 3.05) is 20.1 Å². The summed E-state index contributed by atoms with van der Waals surface area (Å²) in [6.07, 6.45) is 1.15. The Kier molecular flexibility index (Phi) is 6.48. The van der Waals surface area contributed by atoms with Crippen LogP contribution < -0.4 is 0 Å². The zero-order chi connectivity index (χ0) is 22.0. The van der Waals surface area contributed by atoms with Gasteiger partial charge >= 0.3 is 0 Å². The first kappa shape index (κ1) is 21.9. The molecule has 5 nitrogen and oxygen atoms in total. The first-order valence-electron chi connectivity index (χ1n) is 10.2. The maximum absolute atomic E-state index is 14.0. The zero-order valence-corrected chi connectivity index (χ0v) is 17.8. The largest absolute Gasteiger partial charge is 0.339 e. The van der Waals surface area contributed by atoms with Gasteiger partial charge in [-0.15, -0.1) is 0 Å². The van der Waals surface area contributed by atoms with Crippen LogP contribution in [0.2, 0.25) is 0 Å². The molecule has 0 saturated carbocycles. The van der Waals surface area contributed by atoms with E-state index in [1.54, 1.807) is 11.9 Å². The lowest BCUT2D eigenvalue weighted by atomic mass is 9.89. The fourth-order valence-electron chi connectivity index (χ4n) is 3.71. The molecular formula is C23H27F2N3O2. The minimum atomic E-state index is -0.855. The Labute approximate surface area is 175 Å². The molecule has 30 heavy (non-hydrogen) atoms. The van der Waals surface area contributed by atoms with Gasteiger partial charge in [0.1, 0.15) is 17.2 Å². The van der Waals surface area contributed by atoms with E-state index in [0.29, 0.717) is 31.5 Å². The second-order valence-electron chi connectivity index (χ2n) is 8.06. The summed E-state index contributed by atoms with van der Waals surface area (Å²) in [5.74, 6) is -2.44. The highest BCUT2D eigenvalue weighted by Crippen LogP contribution is 2.31. The van der Waals surface area contributed by atoms with Crippen molar-refractivity contribution in [2.45, 2.75) is 45.6 Å². The molecule has 2 heterocycles. The Morgan fingerprint density at radius 2 is 1.70 bits per heavy atom. The minimum Gasteiger partial charge on any atom is -0.339 e. The zero-order valence-electron chi connectivity index (χ0n) is 17.8. The van der Waals surface area contributed by atoms with Gasteiger partial charge in [-0.2, -0.15) is 0 Å². The van der Waals surface area contributed by atoms with Crippen LogP contribution in [0.4, 0.5) is 8.78 Å². The summed E-state index contributed by atoms with van der Waals surface area (Å²) >= 11 is 0. The number of aryl methyl sites for hydroxylation is 1. The molecule has 2 aromatic rings. The third-order valence-electron chi connectivity index (χ3n) is 5.73. The monoisotopic (exact) mass is 415 g/mol. The van der Waals surface area contributed by atoms with Gasteiger partial charge in [0.15, 0.2) is 0 Å². The van der Waals surface area contributed by atoms with Crippen LogP contribution in [0.1, 0.15) is 64.7 Å². The van der Waals surface area contributed by atoms with Gasteiger partial charge < -0.3 is 9.80 Å². The highest BCUT2D eigenvalue weighted by Gasteiger charge is 2.31. The molecule has 1 aliphatic rings. The highest BCUT2D eigenvalue weighted by molar-refractivity contribution is 5.96. The number of halogens is 2. The number of piperidine rings is 1. The normalized spacial score (nSPS) is 14.8. The van der Waals surface area contributed by atoms with Crippen molar-refractivity contribution in [1.29, 1.82) is 0 Å². The Bertz CT molecular complexity index is 933. The standard InChI is InChI=1S/C23H27F2N3O2/c1-14(2)27(4)22(29)17-9-8-15(3)26-21(17)16-10-12-28(13-11-16)23(30)20-18(24)6-5-7-19(20)25/h5-9,14,16H,10-13H2,1-4H3. The smallest absolute Gasteiger partial charge is 0.259 e. The predicted octanol–water partition coefficient (Wildman–Crippen LogP) is 4.17. The second-order valence-corrected chi connectivity index (χ2v) is 8.06. The lowest BCUT2D eigenvalue weighted by molar-refractivity contribution is 0.0694. The van der Waals surface area contributed by atoms with Crippen molar-refractivity contribution in [1.82, 2.24) is 14.8 Å². The molecular weight excluding hydrogens is 388 g/mol. The van der Waals surface area contributed by atoms with Crippen LogP contribution in [-0.4, -0.2) is 52.8 Å². The number of hydrogen-bond acceptors (Lipinski definition) is 3. The third kappa shape index (κ3) is 4.35. The molecule has 3 rings (SSSR count). The van der Waals surface area contributed by atoms with Crippen molar-refractivity contribution in [3.63, 3.8) is 0 Å². The Balaban J connectivity index is 1.79. The Morgan fingerprint density at radius 1 is 1.10 bits per heavy atom. The lowest BCUT2D eigenvalue weighted by Crippen LogP contribution is -2.39. The number of carbonyl (C=O) groups is 2. The topological polar surface area (TPSA) is 53.5 Å². The van der Waals surface area contributed by atoms with E-state index < -0.39 is 23.1 Å². The Hall–Kier alpha value is -2.83. The number of benzene rings is 1. The SMILES string of the molecule is Cc1ccc(C(=O)N(C)C(C)C)c(C2CCN(C(=O)c3c(F)cccc3F)CC2)n1. The molecule has 2 amide bonds. The molecule has 0 spiro atoms. The average molecular weight is 415 g/mol. The quantitative estimate of drug-likeness (QED) is 0.753. The van der Waals surface area contributed by atoms with Crippen LogP contribution >= 0.6 is 0 Å². The Morgan fingerprint density at radius 3 is 2.27 bits per heavy atom. The summed E-state index contributed by atoms with van der Waals surface area (Å²) < 4.78 is 28.0. The fraction of sp³-hybridized carbons (Fsp3) is 0.435. The van der Waals surface area contributed by atoms with Crippen LogP contribution in [-0.2, 0) is 0 Å². The molecule has 1 aromatic carbocycles. The number of rotatable bonds is 4. The van der Waals surface area contributed by atoms with Crippen molar-refractivity contribution >= 4 is 11.8 Å². The van der Waals surface area contributed by atoms with Crippen LogP contribution in [0.25, 0.3) is 0 Å². The van der Waals surface area contributed by atoms with E-state index in [9.17, 15) is 18.4 Å². The predicted molar refractivity (Wildman–Crippen MR) is 110 cm³/mol. The summed E-state index contributed by atoms with van der Waals surface area (Å²) in [6.45, 7) is 6.47. The number of hydrogen-bond donors (Lipinski definition) is 0. The minimum absolute atomic E-state index is 0.000991. The van der Waals surface area contributed by atoms with Crippen molar-refractivity contribution < 1.29 is 18.4 Å². The molecule has 1 saturated heterocycles. The van der Waals surface area contributed by atoms with E-state index in [-0.39, 0.29) is 17.9 Å². The molecule has 0 radical (unpaired) electrons. The van der Waals surface area contributed by atoms with Crippen molar-refractivity contribution in [3.8, 4) is 0 Å². The van der Waals surface area contributed by atoms with E-state index in [1.165, 1.54) is 11.0 Å². The number of likely N-dealkylation sites (tertiary alicyclic amines) is 1. The molecule has 7 heteroatoms.